The van der Waals surface area contributed by atoms with Crippen molar-refractivity contribution in [1.82, 2.24) is 5.32 Å². The SMILES string of the molecule is CCCC(=O)OC(C)OC(=O)NC(F)CCP(=O)(O)CC1CCCCC1. The highest BCUT2D eigenvalue weighted by molar-refractivity contribution is 7.58. The molecule has 0 aromatic rings. The zero-order chi connectivity index (χ0) is 19.6. The molecule has 0 aromatic carbocycles. The fourth-order valence-corrected chi connectivity index (χ4v) is 5.02. The predicted molar refractivity (Wildman–Crippen MR) is 95.7 cm³/mol. The average Bonchev–Trinajstić information content (AvgIpc) is 2.53. The number of carbonyl (C=O) groups excluding carboxylic acids is 2. The van der Waals surface area contributed by atoms with Gasteiger partial charge in [0, 0.05) is 32.1 Å². The first-order valence-electron chi connectivity index (χ1n) is 9.33. The van der Waals surface area contributed by atoms with Crippen LogP contribution in [0.25, 0.3) is 0 Å². The van der Waals surface area contributed by atoms with Crippen LogP contribution in [0.3, 0.4) is 0 Å². The van der Waals surface area contributed by atoms with E-state index in [9.17, 15) is 23.4 Å². The molecule has 0 saturated heterocycles. The Morgan fingerprint density at radius 2 is 1.92 bits per heavy atom. The van der Waals surface area contributed by atoms with Gasteiger partial charge in [-0.2, -0.15) is 0 Å². The molecule has 1 aliphatic carbocycles. The molecule has 7 nitrogen and oxygen atoms in total. The van der Waals surface area contributed by atoms with Crippen molar-refractivity contribution in [1.29, 1.82) is 0 Å². The number of amides is 1. The smallest absolute Gasteiger partial charge is 0.412 e. The van der Waals surface area contributed by atoms with Gasteiger partial charge in [-0.3, -0.25) is 14.7 Å². The maximum Gasteiger partial charge on any atom is 0.412 e. The van der Waals surface area contributed by atoms with Crippen molar-refractivity contribution in [3.05, 3.63) is 0 Å². The first kappa shape index (κ1) is 22.9. The zero-order valence-electron chi connectivity index (χ0n) is 15.6. The third kappa shape index (κ3) is 10.1. The number of carbonyl (C=O) groups is 2. The summed E-state index contributed by atoms with van der Waals surface area (Å²) in [4.78, 5) is 32.8. The van der Waals surface area contributed by atoms with Gasteiger partial charge in [0.2, 0.25) is 13.7 Å². The van der Waals surface area contributed by atoms with Crippen molar-refractivity contribution in [3.8, 4) is 0 Å². The zero-order valence-corrected chi connectivity index (χ0v) is 16.5. The second kappa shape index (κ2) is 11.5. The molecule has 0 spiro atoms. The molecule has 1 fully saturated rings. The van der Waals surface area contributed by atoms with Crippen LogP contribution in [0, 0.1) is 5.92 Å². The number of nitrogens with one attached hydrogen (secondary N) is 1. The van der Waals surface area contributed by atoms with E-state index < -0.39 is 32.0 Å². The number of alkyl carbamates (subject to hydrolysis) is 1. The lowest BCUT2D eigenvalue weighted by Gasteiger charge is -2.24. The Labute approximate surface area is 154 Å². The third-order valence-electron chi connectivity index (χ3n) is 4.30. The minimum atomic E-state index is -3.41. The monoisotopic (exact) mass is 395 g/mol. The van der Waals surface area contributed by atoms with Crippen LogP contribution in [0.4, 0.5) is 9.18 Å². The largest absolute Gasteiger partial charge is 0.425 e. The van der Waals surface area contributed by atoms with E-state index in [-0.39, 0.29) is 31.1 Å². The summed E-state index contributed by atoms with van der Waals surface area (Å²) in [5.41, 5.74) is 0. The molecule has 26 heavy (non-hydrogen) atoms. The van der Waals surface area contributed by atoms with E-state index in [1.807, 2.05) is 5.32 Å². The molecule has 0 heterocycles. The van der Waals surface area contributed by atoms with Crippen molar-refractivity contribution in [3.63, 3.8) is 0 Å². The quantitative estimate of drug-likeness (QED) is 0.251. The normalized spacial score (nSPS) is 19.8. The van der Waals surface area contributed by atoms with Crippen LogP contribution >= 0.6 is 7.37 Å². The Morgan fingerprint density at radius 1 is 1.27 bits per heavy atom. The van der Waals surface area contributed by atoms with E-state index in [1.165, 1.54) is 6.92 Å². The lowest BCUT2D eigenvalue weighted by molar-refractivity contribution is -0.165. The summed E-state index contributed by atoms with van der Waals surface area (Å²) < 4.78 is 35.6. The number of alkyl halides is 1. The van der Waals surface area contributed by atoms with Crippen LogP contribution in [0.1, 0.15) is 65.2 Å². The number of esters is 1. The summed E-state index contributed by atoms with van der Waals surface area (Å²) in [7, 11) is -3.41. The summed E-state index contributed by atoms with van der Waals surface area (Å²) in [6.07, 6.45) is 1.78. The van der Waals surface area contributed by atoms with E-state index in [0.29, 0.717) is 6.42 Å². The maximum atomic E-state index is 13.8. The molecule has 1 rings (SSSR count). The first-order chi connectivity index (χ1) is 12.2. The van der Waals surface area contributed by atoms with Gasteiger partial charge in [0.25, 0.3) is 0 Å². The highest BCUT2D eigenvalue weighted by Crippen LogP contribution is 2.46. The van der Waals surface area contributed by atoms with Gasteiger partial charge in [-0.1, -0.05) is 26.2 Å². The molecule has 0 aliphatic heterocycles. The molecular formula is C17H31FNO6P. The summed E-state index contributed by atoms with van der Waals surface area (Å²) in [5.74, 6) is -0.275. The molecule has 0 aromatic heterocycles. The van der Waals surface area contributed by atoms with Crippen molar-refractivity contribution in [2.24, 2.45) is 5.92 Å². The minimum Gasteiger partial charge on any atom is -0.425 e. The Bertz CT molecular complexity index is 498. The van der Waals surface area contributed by atoms with Crippen LogP contribution in [0.15, 0.2) is 0 Å². The number of halogens is 1. The van der Waals surface area contributed by atoms with Gasteiger partial charge in [0.1, 0.15) is 0 Å². The number of rotatable bonds is 10. The van der Waals surface area contributed by atoms with Crippen LogP contribution < -0.4 is 5.32 Å². The Morgan fingerprint density at radius 3 is 2.54 bits per heavy atom. The predicted octanol–water partition coefficient (Wildman–Crippen LogP) is 3.94. The Hall–Kier alpha value is -1.14. The molecule has 1 amide bonds. The highest BCUT2D eigenvalue weighted by atomic mass is 31.2. The third-order valence-corrected chi connectivity index (χ3v) is 6.34. The summed E-state index contributed by atoms with van der Waals surface area (Å²) in [6.45, 7) is 3.16. The highest BCUT2D eigenvalue weighted by Gasteiger charge is 2.27. The molecule has 1 aliphatic rings. The summed E-state index contributed by atoms with van der Waals surface area (Å²) in [6, 6.07) is 0. The molecule has 1 saturated carbocycles. The maximum absolute atomic E-state index is 13.8. The Balaban J connectivity index is 2.27. The second-order valence-electron chi connectivity index (χ2n) is 6.87. The van der Waals surface area contributed by atoms with Crippen molar-refractivity contribution >= 4 is 19.4 Å². The number of hydrogen-bond acceptors (Lipinski definition) is 5. The van der Waals surface area contributed by atoms with Crippen LogP contribution in [0.2, 0.25) is 0 Å². The van der Waals surface area contributed by atoms with Crippen LogP contribution in [-0.4, -0.2) is 41.9 Å². The Kier molecular flexibility index (Phi) is 10.2. The van der Waals surface area contributed by atoms with Gasteiger partial charge in [-0.25, -0.2) is 9.18 Å². The van der Waals surface area contributed by atoms with Gasteiger partial charge >= 0.3 is 12.1 Å². The van der Waals surface area contributed by atoms with Gasteiger partial charge in [0.15, 0.2) is 6.30 Å². The molecule has 9 heteroatoms. The fourth-order valence-electron chi connectivity index (χ4n) is 3.04. The number of hydrogen-bond donors (Lipinski definition) is 2. The second-order valence-corrected chi connectivity index (χ2v) is 9.37. The molecule has 0 bridgehead atoms. The lowest BCUT2D eigenvalue weighted by atomic mass is 9.91. The van der Waals surface area contributed by atoms with Crippen molar-refractivity contribution in [2.75, 3.05) is 12.3 Å². The minimum absolute atomic E-state index is 0.189. The van der Waals surface area contributed by atoms with Crippen molar-refractivity contribution < 1.29 is 32.9 Å². The van der Waals surface area contributed by atoms with Gasteiger partial charge < -0.3 is 14.4 Å². The van der Waals surface area contributed by atoms with Crippen LogP contribution in [0.5, 0.6) is 0 Å². The van der Waals surface area contributed by atoms with Crippen molar-refractivity contribution in [2.45, 2.75) is 77.8 Å². The summed E-state index contributed by atoms with van der Waals surface area (Å²) in [5, 5.41) is 1.94. The van der Waals surface area contributed by atoms with E-state index in [1.54, 1.807) is 6.92 Å². The van der Waals surface area contributed by atoms with E-state index >= 15 is 0 Å². The van der Waals surface area contributed by atoms with Crippen LogP contribution in [-0.2, 0) is 18.8 Å². The van der Waals surface area contributed by atoms with Gasteiger partial charge in [-0.15, -0.1) is 0 Å². The standard InChI is InChI=1S/C17H31FNO6P/c1-3-7-16(20)24-13(2)25-17(21)19-15(18)10-11-26(22,23)12-14-8-5-4-6-9-14/h13-15H,3-12H2,1-2H3,(H,19,21)(H,22,23). The molecule has 2 N–H and O–H groups in total. The molecular weight excluding hydrogens is 364 g/mol. The molecule has 3 unspecified atom stereocenters. The van der Waals surface area contributed by atoms with E-state index in [4.69, 9.17) is 9.47 Å². The fraction of sp³-hybridized carbons (Fsp3) is 0.882. The topological polar surface area (TPSA) is 102 Å². The van der Waals surface area contributed by atoms with E-state index in [2.05, 4.69) is 0 Å². The molecule has 3 atom stereocenters. The lowest BCUT2D eigenvalue weighted by Crippen LogP contribution is -2.35. The average molecular weight is 395 g/mol. The van der Waals surface area contributed by atoms with Gasteiger partial charge in [0.05, 0.1) is 0 Å². The summed E-state index contributed by atoms with van der Waals surface area (Å²) >= 11 is 0. The van der Waals surface area contributed by atoms with E-state index in [0.717, 1.165) is 32.1 Å². The number of ether oxygens (including phenoxy) is 2. The molecule has 152 valence electrons. The van der Waals surface area contributed by atoms with Gasteiger partial charge in [-0.05, 0) is 25.2 Å². The molecule has 0 radical (unpaired) electrons. The first-order valence-corrected chi connectivity index (χ1v) is 11.4.